The van der Waals surface area contributed by atoms with Crippen LogP contribution in [0.15, 0.2) is 41.0 Å². The van der Waals surface area contributed by atoms with Crippen LogP contribution >= 0.6 is 33.4 Å². The van der Waals surface area contributed by atoms with Crippen molar-refractivity contribution in [2.45, 2.75) is 37.4 Å². The van der Waals surface area contributed by atoms with Crippen LogP contribution in [0.3, 0.4) is 0 Å². The maximum absolute atomic E-state index is 13.2. The standard InChI is InChI=1S/C24H26ClN5O2S2/c1-14-6-7-24(3,10-14)13-34(5)23-30-29-22(33-23)28-21(31)18-11-26-15(2)8-16(18)17-9-20(25)27-12-19(17)32-4/h8-9,11-12H,1,5-7,10,13H2,2-4H3,(H,28,29,31)/t24-,34?/m0/s1. The summed E-state index contributed by atoms with van der Waals surface area (Å²) in [6.45, 7) is 8.27. The fourth-order valence-corrected chi connectivity index (χ4v) is 7.04. The fraction of sp³-hybridized carbons (Fsp3) is 0.333. The highest BCUT2D eigenvalue weighted by Crippen LogP contribution is 2.46. The minimum atomic E-state index is -0.344. The maximum Gasteiger partial charge on any atom is 0.259 e. The van der Waals surface area contributed by atoms with Crippen LogP contribution in [0.4, 0.5) is 5.13 Å². The zero-order valence-electron chi connectivity index (χ0n) is 19.4. The molecule has 1 saturated carbocycles. The van der Waals surface area contributed by atoms with E-state index in [1.165, 1.54) is 29.3 Å². The Morgan fingerprint density at radius 2 is 2.09 bits per heavy atom. The first-order valence-electron chi connectivity index (χ1n) is 10.7. The number of nitrogens with one attached hydrogen (secondary N) is 1. The number of nitrogens with zero attached hydrogens (tertiary/aromatic N) is 4. The lowest BCUT2D eigenvalue weighted by Crippen LogP contribution is -2.15. The van der Waals surface area contributed by atoms with E-state index in [4.69, 9.17) is 16.3 Å². The lowest BCUT2D eigenvalue weighted by Gasteiger charge is -2.23. The highest BCUT2D eigenvalue weighted by atomic mass is 35.5. The van der Waals surface area contributed by atoms with Gasteiger partial charge in [-0.05, 0) is 43.7 Å². The molecule has 0 saturated heterocycles. The van der Waals surface area contributed by atoms with E-state index in [-0.39, 0.29) is 21.8 Å². The van der Waals surface area contributed by atoms with E-state index in [0.29, 0.717) is 32.7 Å². The molecular formula is C24H26ClN5O2S2. The van der Waals surface area contributed by atoms with Crippen molar-refractivity contribution < 1.29 is 9.53 Å². The first-order valence-corrected chi connectivity index (χ1v) is 13.4. The number of aromatic nitrogens is 4. The van der Waals surface area contributed by atoms with E-state index < -0.39 is 0 Å². The number of methoxy groups -OCH3 is 1. The van der Waals surface area contributed by atoms with Gasteiger partial charge in [0.2, 0.25) is 5.13 Å². The quantitative estimate of drug-likeness (QED) is 0.179. The van der Waals surface area contributed by atoms with Gasteiger partial charge >= 0.3 is 0 Å². The van der Waals surface area contributed by atoms with Crippen molar-refractivity contribution in [3.8, 4) is 16.9 Å². The van der Waals surface area contributed by atoms with Gasteiger partial charge in [-0.1, -0.05) is 47.9 Å². The number of pyridine rings is 2. The SMILES string of the molecule is C=C1CC[C@](C)(CS(=C)c2nnc(NC(=O)c3cnc(C)cc3-c3cc(Cl)ncc3OC)s2)C1. The predicted octanol–water partition coefficient (Wildman–Crippen LogP) is 6.02. The number of anilines is 1. The smallest absolute Gasteiger partial charge is 0.259 e. The molecule has 1 amide bonds. The fourth-order valence-electron chi connectivity index (χ4n) is 4.16. The van der Waals surface area contributed by atoms with Gasteiger partial charge in [0.25, 0.3) is 5.91 Å². The number of carbonyl (C=O) groups is 1. The van der Waals surface area contributed by atoms with Gasteiger partial charge in [-0.15, -0.1) is 20.7 Å². The lowest BCUT2D eigenvalue weighted by molar-refractivity contribution is 0.102. The van der Waals surface area contributed by atoms with Crippen LogP contribution in [0, 0.1) is 12.3 Å². The van der Waals surface area contributed by atoms with E-state index in [9.17, 15) is 4.79 Å². The third-order valence-corrected chi connectivity index (χ3v) is 9.20. The van der Waals surface area contributed by atoms with Crippen LogP contribution in [0.1, 0.15) is 42.2 Å². The second-order valence-corrected chi connectivity index (χ2v) is 12.1. The zero-order valence-corrected chi connectivity index (χ0v) is 21.7. The molecule has 0 aliphatic heterocycles. The molecule has 0 spiro atoms. The predicted molar refractivity (Wildman–Crippen MR) is 141 cm³/mol. The van der Waals surface area contributed by atoms with Gasteiger partial charge in [-0.25, -0.2) is 4.98 Å². The molecule has 3 aromatic rings. The summed E-state index contributed by atoms with van der Waals surface area (Å²) in [5.74, 6) is 5.43. The van der Waals surface area contributed by atoms with Crippen molar-refractivity contribution in [2.75, 3.05) is 18.2 Å². The van der Waals surface area contributed by atoms with Crippen molar-refractivity contribution in [3.63, 3.8) is 0 Å². The molecule has 1 aliphatic rings. The lowest BCUT2D eigenvalue weighted by atomic mass is 9.91. The Hall–Kier alpha value is -2.62. The topological polar surface area (TPSA) is 89.9 Å². The van der Waals surface area contributed by atoms with Crippen LogP contribution in [0.2, 0.25) is 5.15 Å². The molecule has 4 rings (SSSR count). The molecule has 7 nitrogen and oxygen atoms in total. The molecule has 2 atom stereocenters. The molecule has 3 aromatic heterocycles. The zero-order chi connectivity index (χ0) is 24.5. The number of aryl methyl sites for hydroxylation is 1. The van der Waals surface area contributed by atoms with Gasteiger partial charge in [0, 0.05) is 28.8 Å². The van der Waals surface area contributed by atoms with Gasteiger partial charge in [0.05, 0.1) is 18.9 Å². The molecule has 10 heteroatoms. The average Bonchev–Trinajstić information content (AvgIpc) is 3.39. The molecule has 0 radical (unpaired) electrons. The molecule has 1 aliphatic carbocycles. The van der Waals surface area contributed by atoms with Crippen LogP contribution < -0.4 is 10.1 Å². The van der Waals surface area contributed by atoms with Crippen LogP contribution in [-0.2, 0) is 0 Å². The number of rotatable bonds is 7. The highest BCUT2D eigenvalue weighted by Gasteiger charge is 2.32. The summed E-state index contributed by atoms with van der Waals surface area (Å²) in [6.07, 6.45) is 6.29. The van der Waals surface area contributed by atoms with Gasteiger partial charge < -0.3 is 4.74 Å². The summed E-state index contributed by atoms with van der Waals surface area (Å²) in [7, 11) is 1.24. The van der Waals surface area contributed by atoms with Crippen LogP contribution in [0.5, 0.6) is 5.75 Å². The van der Waals surface area contributed by atoms with Gasteiger partial charge in [-0.2, -0.15) is 0 Å². The number of ether oxygens (including phenoxy) is 1. The summed E-state index contributed by atoms with van der Waals surface area (Å²) in [4.78, 5) is 21.6. The van der Waals surface area contributed by atoms with Crippen LogP contribution in [-0.4, -0.2) is 44.8 Å². The van der Waals surface area contributed by atoms with E-state index in [1.807, 2.05) is 13.0 Å². The first kappa shape index (κ1) is 24.5. The molecule has 0 bridgehead atoms. The first-order chi connectivity index (χ1) is 16.2. The minimum absolute atomic E-state index is 0.199. The molecule has 1 unspecified atom stereocenters. The van der Waals surface area contributed by atoms with Crippen molar-refractivity contribution in [3.05, 3.63) is 53.1 Å². The average molecular weight is 516 g/mol. The van der Waals surface area contributed by atoms with Gasteiger partial charge in [0.15, 0.2) is 4.34 Å². The minimum Gasteiger partial charge on any atom is -0.494 e. The Kier molecular flexibility index (Phi) is 7.16. The number of hydrogen-bond acceptors (Lipinski definition) is 7. The van der Waals surface area contributed by atoms with Crippen molar-refractivity contribution >= 4 is 50.3 Å². The molecule has 0 aromatic carbocycles. The molecule has 1 N–H and O–H groups in total. The van der Waals surface area contributed by atoms with E-state index in [0.717, 1.165) is 35.0 Å². The Bertz CT molecular complexity index is 1290. The Morgan fingerprint density at radius 1 is 1.29 bits per heavy atom. The molecular weight excluding hydrogens is 490 g/mol. The van der Waals surface area contributed by atoms with Crippen LogP contribution in [0.25, 0.3) is 11.1 Å². The van der Waals surface area contributed by atoms with Gasteiger partial charge in [0.1, 0.15) is 10.9 Å². The Morgan fingerprint density at radius 3 is 2.79 bits per heavy atom. The van der Waals surface area contributed by atoms with Crippen molar-refractivity contribution in [1.29, 1.82) is 0 Å². The van der Waals surface area contributed by atoms with E-state index in [2.05, 4.69) is 44.9 Å². The number of amides is 1. The third-order valence-electron chi connectivity index (χ3n) is 5.78. The number of hydrogen-bond donors (Lipinski definition) is 1. The van der Waals surface area contributed by atoms with E-state index in [1.54, 1.807) is 13.2 Å². The molecule has 1 fully saturated rings. The summed E-state index contributed by atoms with van der Waals surface area (Å²) >= 11 is 7.49. The summed E-state index contributed by atoms with van der Waals surface area (Å²) in [5.41, 5.74) is 3.92. The van der Waals surface area contributed by atoms with Crippen molar-refractivity contribution in [2.24, 2.45) is 5.41 Å². The second-order valence-electron chi connectivity index (χ2n) is 8.78. The maximum atomic E-state index is 13.2. The Balaban J connectivity index is 1.56. The largest absolute Gasteiger partial charge is 0.494 e. The normalized spacial score (nSPS) is 18.6. The highest BCUT2D eigenvalue weighted by molar-refractivity contribution is 8.15. The van der Waals surface area contributed by atoms with E-state index >= 15 is 0 Å². The molecule has 3 heterocycles. The summed E-state index contributed by atoms with van der Waals surface area (Å²) in [6, 6.07) is 3.49. The third kappa shape index (κ3) is 5.37. The summed E-state index contributed by atoms with van der Waals surface area (Å²) in [5, 5.41) is 12.1. The number of allylic oxidation sites excluding steroid dienone is 1. The van der Waals surface area contributed by atoms with Gasteiger partial charge in [-0.3, -0.25) is 15.1 Å². The Labute approximate surface area is 210 Å². The second kappa shape index (κ2) is 9.93. The summed E-state index contributed by atoms with van der Waals surface area (Å²) < 4.78 is 6.27. The molecule has 178 valence electrons. The number of halogens is 1. The molecule has 34 heavy (non-hydrogen) atoms. The monoisotopic (exact) mass is 515 g/mol. The van der Waals surface area contributed by atoms with Crippen molar-refractivity contribution in [1.82, 2.24) is 20.2 Å². The number of carbonyl (C=O) groups excluding carboxylic acids is 1.